The summed E-state index contributed by atoms with van der Waals surface area (Å²) < 4.78 is 13.8. The molecule has 3 aromatic carbocycles. The molecular weight excluding hydrogens is 381 g/mol. The van der Waals surface area contributed by atoms with Gasteiger partial charge in [0.1, 0.15) is 5.82 Å². The number of para-hydroxylation sites is 1. The number of nitrogens with one attached hydrogen (secondary N) is 3. The van der Waals surface area contributed by atoms with Crippen molar-refractivity contribution < 1.29 is 14.0 Å². The number of benzene rings is 3. The summed E-state index contributed by atoms with van der Waals surface area (Å²) in [4.78, 5) is 24.3. The molecule has 0 unspecified atom stereocenters. The van der Waals surface area contributed by atoms with Crippen molar-refractivity contribution in [3.05, 3.63) is 89.2 Å². The van der Waals surface area contributed by atoms with Crippen molar-refractivity contribution in [1.29, 1.82) is 0 Å². The number of rotatable bonds is 5. The molecule has 28 heavy (non-hydrogen) atoms. The van der Waals surface area contributed by atoms with Gasteiger partial charge in [-0.1, -0.05) is 41.9 Å². The van der Waals surface area contributed by atoms with Gasteiger partial charge in [0, 0.05) is 27.6 Å². The SMILES string of the molecule is O=C(Cc1c(F)cccc1Cl)Nc1cccc(NC(=O)Nc2ccccc2)c1. The Hall–Kier alpha value is -3.38. The molecule has 0 aromatic heterocycles. The van der Waals surface area contributed by atoms with Crippen LogP contribution in [0.1, 0.15) is 5.56 Å². The molecule has 0 bridgehead atoms. The van der Waals surface area contributed by atoms with E-state index in [2.05, 4.69) is 16.0 Å². The average molecular weight is 398 g/mol. The number of carbonyl (C=O) groups excluding carboxylic acids is 2. The minimum atomic E-state index is -0.532. The fourth-order valence-electron chi connectivity index (χ4n) is 2.56. The Balaban J connectivity index is 1.61. The van der Waals surface area contributed by atoms with Gasteiger partial charge in [0.25, 0.3) is 0 Å². The largest absolute Gasteiger partial charge is 0.326 e. The number of halogens is 2. The highest BCUT2D eigenvalue weighted by molar-refractivity contribution is 6.31. The van der Waals surface area contributed by atoms with Crippen LogP contribution in [-0.2, 0) is 11.2 Å². The van der Waals surface area contributed by atoms with E-state index in [1.54, 1.807) is 36.4 Å². The van der Waals surface area contributed by atoms with Crippen molar-refractivity contribution >= 4 is 40.6 Å². The van der Waals surface area contributed by atoms with Gasteiger partial charge in [-0.2, -0.15) is 0 Å². The molecular formula is C21H17ClFN3O2. The van der Waals surface area contributed by atoms with Crippen molar-refractivity contribution in [3.8, 4) is 0 Å². The molecule has 0 fully saturated rings. The third kappa shape index (κ3) is 5.31. The van der Waals surface area contributed by atoms with E-state index in [0.717, 1.165) is 0 Å². The van der Waals surface area contributed by atoms with E-state index in [9.17, 15) is 14.0 Å². The first kappa shape index (κ1) is 19.4. The summed E-state index contributed by atoms with van der Waals surface area (Å²) in [6.07, 6.45) is -0.197. The quantitative estimate of drug-likeness (QED) is 0.546. The lowest BCUT2D eigenvalue weighted by Crippen LogP contribution is -2.19. The van der Waals surface area contributed by atoms with Crippen LogP contribution in [0.4, 0.5) is 26.2 Å². The summed E-state index contributed by atoms with van der Waals surface area (Å²) in [5, 5.41) is 8.26. The lowest BCUT2D eigenvalue weighted by molar-refractivity contribution is -0.115. The van der Waals surface area contributed by atoms with E-state index in [1.807, 2.05) is 18.2 Å². The highest BCUT2D eigenvalue weighted by Gasteiger charge is 2.12. The van der Waals surface area contributed by atoms with Crippen LogP contribution in [0.2, 0.25) is 5.02 Å². The molecule has 3 N–H and O–H groups in total. The molecule has 7 heteroatoms. The molecule has 0 atom stereocenters. The monoisotopic (exact) mass is 397 g/mol. The predicted octanol–water partition coefficient (Wildman–Crippen LogP) is 5.30. The van der Waals surface area contributed by atoms with E-state index < -0.39 is 17.8 Å². The van der Waals surface area contributed by atoms with E-state index in [0.29, 0.717) is 17.1 Å². The Morgan fingerprint density at radius 2 is 1.39 bits per heavy atom. The lowest BCUT2D eigenvalue weighted by atomic mass is 10.1. The first-order chi connectivity index (χ1) is 13.5. The summed E-state index contributed by atoms with van der Waals surface area (Å²) in [5.74, 6) is -0.950. The maximum atomic E-state index is 13.8. The minimum Gasteiger partial charge on any atom is -0.326 e. The lowest BCUT2D eigenvalue weighted by Gasteiger charge is -2.10. The second-order valence-corrected chi connectivity index (χ2v) is 6.36. The maximum Gasteiger partial charge on any atom is 0.323 e. The highest BCUT2D eigenvalue weighted by Crippen LogP contribution is 2.21. The summed E-state index contributed by atoms with van der Waals surface area (Å²) in [7, 11) is 0. The number of carbonyl (C=O) groups is 2. The highest BCUT2D eigenvalue weighted by atomic mass is 35.5. The van der Waals surface area contributed by atoms with Crippen molar-refractivity contribution in [2.75, 3.05) is 16.0 Å². The summed E-state index contributed by atoms with van der Waals surface area (Å²) in [6, 6.07) is 19.5. The Bertz CT molecular complexity index is 976. The van der Waals surface area contributed by atoms with Gasteiger partial charge in [0.15, 0.2) is 0 Å². The van der Waals surface area contributed by atoms with Gasteiger partial charge < -0.3 is 16.0 Å². The van der Waals surface area contributed by atoms with E-state index in [1.165, 1.54) is 18.2 Å². The normalized spacial score (nSPS) is 10.2. The minimum absolute atomic E-state index is 0.137. The number of hydrogen-bond acceptors (Lipinski definition) is 2. The standard InChI is InChI=1S/C21H17ClFN3O2/c22-18-10-5-11-19(23)17(18)13-20(27)24-15-8-4-9-16(12-15)26-21(28)25-14-6-2-1-3-7-14/h1-12H,13H2,(H,24,27)(H2,25,26,28). The molecule has 0 saturated carbocycles. The van der Waals surface area contributed by atoms with E-state index in [4.69, 9.17) is 11.6 Å². The molecule has 0 heterocycles. The van der Waals surface area contributed by atoms with Crippen molar-refractivity contribution in [3.63, 3.8) is 0 Å². The van der Waals surface area contributed by atoms with E-state index >= 15 is 0 Å². The van der Waals surface area contributed by atoms with Crippen molar-refractivity contribution in [1.82, 2.24) is 0 Å². The molecule has 0 aliphatic carbocycles. The van der Waals surface area contributed by atoms with Gasteiger partial charge in [0.05, 0.1) is 6.42 Å². The first-order valence-corrected chi connectivity index (χ1v) is 8.85. The molecule has 0 aliphatic heterocycles. The molecule has 3 rings (SSSR count). The Morgan fingerprint density at radius 3 is 2.11 bits per heavy atom. The fraction of sp³-hybridized carbons (Fsp3) is 0.0476. The summed E-state index contributed by atoms with van der Waals surface area (Å²) in [6.45, 7) is 0. The van der Waals surface area contributed by atoms with Gasteiger partial charge in [-0.15, -0.1) is 0 Å². The topological polar surface area (TPSA) is 70.2 Å². The van der Waals surface area contributed by atoms with Crippen LogP contribution < -0.4 is 16.0 Å². The van der Waals surface area contributed by atoms with Crippen LogP contribution in [0.5, 0.6) is 0 Å². The number of urea groups is 1. The fourth-order valence-corrected chi connectivity index (χ4v) is 2.79. The zero-order chi connectivity index (χ0) is 19.9. The number of amides is 3. The Labute approximate surface area is 166 Å². The molecule has 142 valence electrons. The number of hydrogen-bond donors (Lipinski definition) is 3. The second-order valence-electron chi connectivity index (χ2n) is 5.95. The molecule has 0 saturated heterocycles. The second kappa shape index (κ2) is 9.01. The van der Waals surface area contributed by atoms with Gasteiger partial charge in [-0.05, 0) is 42.5 Å². The van der Waals surface area contributed by atoms with Crippen LogP contribution >= 0.6 is 11.6 Å². The Morgan fingerprint density at radius 1 is 0.786 bits per heavy atom. The van der Waals surface area contributed by atoms with Gasteiger partial charge >= 0.3 is 6.03 Å². The third-order valence-electron chi connectivity index (χ3n) is 3.83. The van der Waals surface area contributed by atoms with Crippen LogP contribution in [0.3, 0.4) is 0 Å². The summed E-state index contributed by atoms with van der Waals surface area (Å²) >= 11 is 5.95. The van der Waals surface area contributed by atoms with Gasteiger partial charge in [-0.25, -0.2) is 9.18 Å². The van der Waals surface area contributed by atoms with E-state index in [-0.39, 0.29) is 17.0 Å². The van der Waals surface area contributed by atoms with Crippen LogP contribution in [0, 0.1) is 5.82 Å². The van der Waals surface area contributed by atoms with Crippen molar-refractivity contribution in [2.24, 2.45) is 0 Å². The van der Waals surface area contributed by atoms with Gasteiger partial charge in [0.2, 0.25) is 5.91 Å². The average Bonchev–Trinajstić information content (AvgIpc) is 2.66. The third-order valence-corrected chi connectivity index (χ3v) is 4.19. The molecule has 0 spiro atoms. The smallest absolute Gasteiger partial charge is 0.323 e. The zero-order valence-electron chi connectivity index (χ0n) is 14.7. The summed E-state index contributed by atoms with van der Waals surface area (Å²) in [5.41, 5.74) is 1.76. The van der Waals surface area contributed by atoms with Gasteiger partial charge in [-0.3, -0.25) is 4.79 Å². The zero-order valence-corrected chi connectivity index (χ0v) is 15.5. The molecule has 3 aromatic rings. The van der Waals surface area contributed by atoms with Crippen LogP contribution in [0.15, 0.2) is 72.8 Å². The molecule has 0 radical (unpaired) electrons. The predicted molar refractivity (Wildman–Crippen MR) is 109 cm³/mol. The maximum absolute atomic E-state index is 13.8. The first-order valence-electron chi connectivity index (χ1n) is 8.47. The van der Waals surface area contributed by atoms with Crippen LogP contribution in [0.25, 0.3) is 0 Å². The van der Waals surface area contributed by atoms with Crippen LogP contribution in [-0.4, -0.2) is 11.9 Å². The molecule has 3 amide bonds. The van der Waals surface area contributed by atoms with Crippen molar-refractivity contribution in [2.45, 2.75) is 6.42 Å². The Kier molecular flexibility index (Phi) is 6.24. The molecule has 5 nitrogen and oxygen atoms in total. The number of anilines is 3. The molecule has 0 aliphatic rings.